The molecule has 0 saturated heterocycles. The zero-order chi connectivity index (χ0) is 14.4. The van der Waals surface area contributed by atoms with E-state index in [1.165, 1.54) is 23.1 Å². The number of benzene rings is 2. The van der Waals surface area contributed by atoms with Crippen LogP contribution in [0.25, 0.3) is 0 Å². The summed E-state index contributed by atoms with van der Waals surface area (Å²) >= 11 is 0. The fraction of sp³-hybridized carbons (Fsp3) is 0.333. The highest BCUT2D eigenvalue weighted by molar-refractivity contribution is 5.39. The Morgan fingerprint density at radius 1 is 1.00 bits per heavy atom. The summed E-state index contributed by atoms with van der Waals surface area (Å²) in [6.07, 6.45) is 2.28. The zero-order valence-corrected chi connectivity index (χ0v) is 12.5. The molecular weight excluding hydrogens is 244 g/mol. The van der Waals surface area contributed by atoms with Crippen LogP contribution < -0.4 is 5.73 Å². The summed E-state index contributed by atoms with van der Waals surface area (Å²) in [5.41, 5.74) is 10.7. The first-order valence-corrected chi connectivity index (χ1v) is 7.22. The van der Waals surface area contributed by atoms with E-state index in [-0.39, 0.29) is 0 Å². The summed E-state index contributed by atoms with van der Waals surface area (Å²) in [7, 11) is 2.19. The maximum atomic E-state index is 5.70. The molecule has 20 heavy (non-hydrogen) atoms. The molecule has 0 fully saturated rings. The van der Waals surface area contributed by atoms with Crippen molar-refractivity contribution < 1.29 is 0 Å². The molecule has 0 bridgehead atoms. The molecule has 0 unspecified atom stereocenters. The van der Waals surface area contributed by atoms with Gasteiger partial charge in [0.05, 0.1) is 0 Å². The van der Waals surface area contributed by atoms with Crippen molar-refractivity contribution in [2.75, 3.05) is 19.3 Å². The van der Waals surface area contributed by atoms with Crippen molar-refractivity contribution in [3.63, 3.8) is 0 Å². The Bertz CT molecular complexity index is 531. The van der Waals surface area contributed by atoms with Gasteiger partial charge < -0.3 is 10.6 Å². The number of nitrogens with zero attached hydrogens (tertiary/aromatic N) is 1. The Morgan fingerprint density at radius 3 is 2.40 bits per heavy atom. The number of hydrogen-bond donors (Lipinski definition) is 1. The van der Waals surface area contributed by atoms with Gasteiger partial charge in [0, 0.05) is 12.2 Å². The van der Waals surface area contributed by atoms with E-state index in [9.17, 15) is 0 Å². The predicted octanol–water partition coefficient (Wildman–Crippen LogP) is 3.64. The molecule has 0 aliphatic carbocycles. The van der Waals surface area contributed by atoms with Gasteiger partial charge in [-0.3, -0.25) is 0 Å². The van der Waals surface area contributed by atoms with Crippen LogP contribution in [-0.4, -0.2) is 18.5 Å². The van der Waals surface area contributed by atoms with Gasteiger partial charge in [0.25, 0.3) is 0 Å². The van der Waals surface area contributed by atoms with Crippen LogP contribution in [0.2, 0.25) is 0 Å². The quantitative estimate of drug-likeness (QED) is 0.810. The molecule has 2 rings (SSSR count). The molecule has 106 valence electrons. The minimum Gasteiger partial charge on any atom is -0.399 e. The molecule has 2 N–H and O–H groups in total. The molecule has 2 aromatic rings. The Labute approximate surface area is 122 Å². The number of nitrogen functional groups attached to an aromatic ring is 1. The van der Waals surface area contributed by atoms with E-state index in [0.29, 0.717) is 0 Å². The summed E-state index contributed by atoms with van der Waals surface area (Å²) in [5, 5.41) is 0. The van der Waals surface area contributed by atoms with Crippen LogP contribution >= 0.6 is 0 Å². The minimum absolute atomic E-state index is 0.838. The second kappa shape index (κ2) is 7.11. The average molecular weight is 268 g/mol. The van der Waals surface area contributed by atoms with Gasteiger partial charge in [-0.2, -0.15) is 0 Å². The summed E-state index contributed by atoms with van der Waals surface area (Å²) in [6, 6.07) is 16.8. The number of nitrogens with two attached hydrogens (primary N) is 1. The van der Waals surface area contributed by atoms with Gasteiger partial charge in [-0.25, -0.2) is 0 Å². The van der Waals surface area contributed by atoms with Crippen molar-refractivity contribution in [1.82, 2.24) is 4.90 Å². The van der Waals surface area contributed by atoms with E-state index < -0.39 is 0 Å². The second-order valence-electron chi connectivity index (χ2n) is 5.51. The largest absolute Gasteiger partial charge is 0.399 e. The van der Waals surface area contributed by atoms with Crippen molar-refractivity contribution in [2.24, 2.45) is 0 Å². The highest BCUT2D eigenvalue weighted by atomic mass is 15.1. The van der Waals surface area contributed by atoms with Crippen LogP contribution in [0.1, 0.15) is 23.1 Å². The van der Waals surface area contributed by atoms with Crippen molar-refractivity contribution >= 4 is 5.69 Å². The smallest absolute Gasteiger partial charge is 0.0314 e. The Hall–Kier alpha value is -1.80. The van der Waals surface area contributed by atoms with Gasteiger partial charge in [0.1, 0.15) is 0 Å². The normalized spacial score (nSPS) is 10.9. The molecule has 0 radical (unpaired) electrons. The molecule has 2 heteroatoms. The first-order valence-electron chi connectivity index (χ1n) is 7.22. The van der Waals surface area contributed by atoms with Crippen molar-refractivity contribution in [1.29, 1.82) is 0 Å². The minimum atomic E-state index is 0.838. The van der Waals surface area contributed by atoms with Gasteiger partial charge in [-0.1, -0.05) is 36.4 Å². The van der Waals surface area contributed by atoms with Crippen LogP contribution in [0, 0.1) is 6.92 Å². The maximum Gasteiger partial charge on any atom is 0.0314 e. The van der Waals surface area contributed by atoms with E-state index in [2.05, 4.69) is 55.3 Å². The molecule has 0 amide bonds. The van der Waals surface area contributed by atoms with E-state index in [1.807, 2.05) is 12.1 Å². The van der Waals surface area contributed by atoms with Crippen LogP contribution in [0.15, 0.2) is 48.5 Å². The molecule has 2 aromatic carbocycles. The molecule has 0 heterocycles. The number of anilines is 1. The van der Waals surface area contributed by atoms with E-state index in [4.69, 9.17) is 5.73 Å². The van der Waals surface area contributed by atoms with E-state index >= 15 is 0 Å². The molecule has 0 spiro atoms. The summed E-state index contributed by atoms with van der Waals surface area (Å²) in [5.74, 6) is 0. The van der Waals surface area contributed by atoms with E-state index in [0.717, 1.165) is 25.2 Å². The molecular formula is C18H24N2. The monoisotopic (exact) mass is 268 g/mol. The third-order valence-corrected chi connectivity index (χ3v) is 3.69. The fourth-order valence-electron chi connectivity index (χ4n) is 2.39. The fourth-order valence-corrected chi connectivity index (χ4v) is 2.39. The Morgan fingerprint density at radius 2 is 1.70 bits per heavy atom. The van der Waals surface area contributed by atoms with Crippen molar-refractivity contribution in [2.45, 2.75) is 26.3 Å². The van der Waals surface area contributed by atoms with Gasteiger partial charge in [0.15, 0.2) is 0 Å². The highest BCUT2D eigenvalue weighted by Crippen LogP contribution is 2.11. The van der Waals surface area contributed by atoms with Crippen LogP contribution in [-0.2, 0) is 13.0 Å². The lowest BCUT2D eigenvalue weighted by atomic mass is 10.1. The summed E-state index contributed by atoms with van der Waals surface area (Å²) in [4.78, 5) is 2.39. The topological polar surface area (TPSA) is 29.3 Å². The van der Waals surface area contributed by atoms with Crippen molar-refractivity contribution in [3.05, 3.63) is 65.2 Å². The molecule has 0 aromatic heterocycles. The lowest BCUT2D eigenvalue weighted by molar-refractivity contribution is 0.321. The molecule has 0 aliphatic rings. The van der Waals surface area contributed by atoms with Crippen molar-refractivity contribution in [3.8, 4) is 0 Å². The third-order valence-electron chi connectivity index (χ3n) is 3.69. The Kier molecular flexibility index (Phi) is 5.19. The van der Waals surface area contributed by atoms with Crippen LogP contribution in [0.3, 0.4) is 0 Å². The lowest BCUT2D eigenvalue weighted by Crippen LogP contribution is -2.20. The third kappa shape index (κ3) is 4.39. The molecule has 0 aliphatic heterocycles. The van der Waals surface area contributed by atoms with Gasteiger partial charge in [-0.05, 0) is 62.2 Å². The first-order chi connectivity index (χ1) is 9.65. The number of rotatable bonds is 6. The average Bonchev–Trinajstić information content (AvgIpc) is 2.44. The number of aryl methyl sites for hydroxylation is 2. The molecule has 0 saturated carbocycles. The Balaban J connectivity index is 1.76. The standard InChI is InChI=1S/C18H24N2/c1-15-6-3-4-8-17(15)14-20(2)13-5-7-16-9-11-18(19)12-10-16/h3-4,6,8-12H,5,7,13-14,19H2,1-2H3. The van der Waals surface area contributed by atoms with Crippen LogP contribution in [0.5, 0.6) is 0 Å². The van der Waals surface area contributed by atoms with Crippen LogP contribution in [0.4, 0.5) is 5.69 Å². The SMILES string of the molecule is Cc1ccccc1CN(C)CCCc1ccc(N)cc1. The summed E-state index contributed by atoms with van der Waals surface area (Å²) in [6.45, 7) is 4.31. The lowest BCUT2D eigenvalue weighted by Gasteiger charge is -2.18. The molecule has 0 atom stereocenters. The van der Waals surface area contributed by atoms with Gasteiger partial charge in [-0.15, -0.1) is 0 Å². The second-order valence-corrected chi connectivity index (χ2v) is 5.51. The van der Waals surface area contributed by atoms with Gasteiger partial charge >= 0.3 is 0 Å². The number of hydrogen-bond acceptors (Lipinski definition) is 2. The molecule has 2 nitrogen and oxygen atoms in total. The highest BCUT2D eigenvalue weighted by Gasteiger charge is 2.03. The zero-order valence-electron chi connectivity index (χ0n) is 12.5. The van der Waals surface area contributed by atoms with E-state index in [1.54, 1.807) is 0 Å². The maximum absolute atomic E-state index is 5.70. The predicted molar refractivity (Wildman–Crippen MR) is 86.7 cm³/mol. The van der Waals surface area contributed by atoms with Gasteiger partial charge in [0.2, 0.25) is 0 Å². The summed E-state index contributed by atoms with van der Waals surface area (Å²) < 4.78 is 0. The first kappa shape index (κ1) is 14.6.